The molecular weight excluding hydrogens is 194 g/mol. The highest BCUT2D eigenvalue weighted by Gasteiger charge is 2.30. The summed E-state index contributed by atoms with van der Waals surface area (Å²) in [7, 11) is 0. The van der Waals surface area contributed by atoms with Crippen molar-refractivity contribution in [2.45, 2.75) is 6.92 Å². The molecule has 0 fully saturated rings. The molecule has 0 bridgehead atoms. The first-order chi connectivity index (χ1) is 7.18. The quantitative estimate of drug-likeness (QED) is 0.508. The van der Waals surface area contributed by atoms with Gasteiger partial charge in [0, 0.05) is 5.56 Å². The first kappa shape index (κ1) is 9.58. The normalized spacial score (nSPS) is 20.9. The van der Waals surface area contributed by atoms with E-state index in [1.807, 2.05) is 6.07 Å². The van der Waals surface area contributed by atoms with E-state index in [2.05, 4.69) is 4.99 Å². The van der Waals surface area contributed by atoms with E-state index in [0.29, 0.717) is 5.56 Å². The molecule has 1 aromatic carbocycles. The zero-order valence-electron chi connectivity index (χ0n) is 8.14. The lowest BCUT2D eigenvalue weighted by Crippen LogP contribution is -2.31. The van der Waals surface area contributed by atoms with Crippen LogP contribution in [0.4, 0.5) is 0 Å². The molecule has 76 valence electrons. The first-order valence-electron chi connectivity index (χ1n) is 4.58. The summed E-state index contributed by atoms with van der Waals surface area (Å²) >= 11 is 0. The molecule has 1 aliphatic heterocycles. The number of esters is 1. The Labute approximate surface area is 86.6 Å². The molecule has 4 heteroatoms. The lowest BCUT2D eigenvalue weighted by atomic mass is 10.1. The molecular formula is C11H9NO3. The Balaban J connectivity index is 2.36. The van der Waals surface area contributed by atoms with E-state index >= 15 is 0 Å². The Morgan fingerprint density at radius 3 is 2.47 bits per heavy atom. The van der Waals surface area contributed by atoms with Crippen molar-refractivity contribution in [3.63, 3.8) is 0 Å². The monoisotopic (exact) mass is 203 g/mol. The van der Waals surface area contributed by atoms with Crippen LogP contribution in [0.2, 0.25) is 0 Å². The fourth-order valence-corrected chi connectivity index (χ4v) is 1.21. The highest BCUT2D eigenvalue weighted by molar-refractivity contribution is 6.14. The largest absolute Gasteiger partial charge is 0.406 e. The van der Waals surface area contributed by atoms with E-state index in [4.69, 9.17) is 4.74 Å². The van der Waals surface area contributed by atoms with Gasteiger partial charge in [0.05, 0.1) is 0 Å². The van der Waals surface area contributed by atoms with Crippen LogP contribution in [0, 0.1) is 5.92 Å². The fraction of sp³-hybridized carbons (Fsp3) is 0.182. The van der Waals surface area contributed by atoms with Crippen LogP contribution in [0.1, 0.15) is 12.5 Å². The number of aliphatic imine (C=N–C) groups is 1. The summed E-state index contributed by atoms with van der Waals surface area (Å²) in [6.45, 7) is 1.48. The number of hydrogen-bond acceptors (Lipinski definition) is 3. The number of cyclic esters (lactones) is 1. The fourth-order valence-electron chi connectivity index (χ4n) is 1.21. The molecule has 2 rings (SSSR count). The summed E-state index contributed by atoms with van der Waals surface area (Å²) in [5.74, 6) is -1.71. The van der Waals surface area contributed by atoms with Gasteiger partial charge in [-0.25, -0.2) is 0 Å². The lowest BCUT2D eigenvalue weighted by molar-refractivity contribution is -0.145. The highest BCUT2D eigenvalue weighted by Crippen LogP contribution is 2.13. The first-order valence-corrected chi connectivity index (χ1v) is 4.58. The van der Waals surface area contributed by atoms with E-state index in [9.17, 15) is 9.59 Å². The van der Waals surface area contributed by atoms with E-state index in [0.717, 1.165) is 0 Å². The predicted octanol–water partition coefficient (Wildman–Crippen LogP) is 1.15. The summed E-state index contributed by atoms with van der Waals surface area (Å²) in [6, 6.07) is 8.87. The van der Waals surface area contributed by atoms with Gasteiger partial charge in [-0.3, -0.25) is 9.59 Å². The van der Waals surface area contributed by atoms with Crippen molar-refractivity contribution in [2.75, 3.05) is 0 Å². The van der Waals surface area contributed by atoms with Crippen molar-refractivity contribution in [3.05, 3.63) is 35.9 Å². The molecule has 1 atom stereocenters. The van der Waals surface area contributed by atoms with E-state index < -0.39 is 17.8 Å². The molecule has 1 aromatic rings. The van der Waals surface area contributed by atoms with Crippen LogP contribution >= 0.6 is 0 Å². The van der Waals surface area contributed by atoms with Crippen LogP contribution in [0.25, 0.3) is 0 Å². The minimum atomic E-state index is -0.794. The van der Waals surface area contributed by atoms with Crippen molar-refractivity contribution in [2.24, 2.45) is 10.9 Å². The second kappa shape index (κ2) is 3.65. The van der Waals surface area contributed by atoms with Crippen LogP contribution in [-0.4, -0.2) is 17.8 Å². The molecule has 0 aromatic heterocycles. The number of hydrogen-bond donors (Lipinski definition) is 0. The van der Waals surface area contributed by atoms with Gasteiger partial charge in [-0.1, -0.05) is 18.2 Å². The SMILES string of the molecule is C[C@@H]1C(=O)N=C(c2ccccc2)OC1=O. The van der Waals surface area contributed by atoms with Crippen molar-refractivity contribution in [3.8, 4) is 0 Å². The maximum absolute atomic E-state index is 11.3. The number of rotatable bonds is 1. The predicted molar refractivity (Wildman–Crippen MR) is 53.2 cm³/mol. The van der Waals surface area contributed by atoms with E-state index in [-0.39, 0.29) is 5.90 Å². The second-order valence-corrected chi connectivity index (χ2v) is 3.26. The van der Waals surface area contributed by atoms with Crippen molar-refractivity contribution >= 4 is 17.8 Å². The van der Waals surface area contributed by atoms with Crippen LogP contribution < -0.4 is 0 Å². The Kier molecular flexibility index (Phi) is 2.33. The average Bonchev–Trinajstić information content (AvgIpc) is 2.26. The molecule has 1 heterocycles. The molecule has 1 aliphatic rings. The van der Waals surface area contributed by atoms with Crippen molar-refractivity contribution < 1.29 is 14.3 Å². The summed E-state index contributed by atoms with van der Waals surface area (Å²) < 4.78 is 4.95. The van der Waals surface area contributed by atoms with Gasteiger partial charge in [0.2, 0.25) is 5.90 Å². The number of ether oxygens (including phenoxy) is 1. The summed E-state index contributed by atoms with van der Waals surface area (Å²) in [5, 5.41) is 0. The Morgan fingerprint density at radius 1 is 1.20 bits per heavy atom. The Bertz CT molecular complexity index is 436. The third-order valence-corrected chi connectivity index (χ3v) is 2.15. The van der Waals surface area contributed by atoms with Gasteiger partial charge in [-0.05, 0) is 19.1 Å². The molecule has 15 heavy (non-hydrogen) atoms. The van der Waals surface area contributed by atoms with Gasteiger partial charge in [0.25, 0.3) is 5.91 Å². The van der Waals surface area contributed by atoms with Gasteiger partial charge in [-0.2, -0.15) is 4.99 Å². The van der Waals surface area contributed by atoms with Gasteiger partial charge in [0.15, 0.2) is 0 Å². The zero-order chi connectivity index (χ0) is 10.8. The minimum Gasteiger partial charge on any atom is -0.406 e. The standard InChI is InChI=1S/C11H9NO3/c1-7-9(13)12-10(15-11(7)14)8-5-3-2-4-6-8/h2-7H,1H3/t7-/m1/s1. The van der Waals surface area contributed by atoms with E-state index in [1.165, 1.54) is 6.92 Å². The minimum absolute atomic E-state index is 0.0868. The molecule has 0 saturated carbocycles. The molecule has 0 saturated heterocycles. The van der Waals surface area contributed by atoms with Crippen molar-refractivity contribution in [1.29, 1.82) is 0 Å². The molecule has 0 N–H and O–H groups in total. The number of amides is 1. The average molecular weight is 203 g/mol. The number of carbonyl (C=O) groups excluding carboxylic acids is 2. The van der Waals surface area contributed by atoms with E-state index in [1.54, 1.807) is 24.3 Å². The van der Waals surface area contributed by atoms with Gasteiger partial charge in [-0.15, -0.1) is 0 Å². The highest BCUT2D eigenvalue weighted by atomic mass is 16.5. The molecule has 1 amide bonds. The van der Waals surface area contributed by atoms with Crippen molar-refractivity contribution in [1.82, 2.24) is 0 Å². The third-order valence-electron chi connectivity index (χ3n) is 2.15. The number of nitrogens with zero attached hydrogens (tertiary/aromatic N) is 1. The summed E-state index contributed by atoms with van der Waals surface area (Å²) in [6.07, 6.45) is 0. The van der Waals surface area contributed by atoms with Crippen LogP contribution in [0.3, 0.4) is 0 Å². The molecule has 0 aliphatic carbocycles. The number of carbonyl (C=O) groups is 2. The molecule has 4 nitrogen and oxygen atoms in total. The lowest BCUT2D eigenvalue weighted by Gasteiger charge is -2.15. The van der Waals surface area contributed by atoms with Crippen LogP contribution in [-0.2, 0) is 14.3 Å². The zero-order valence-corrected chi connectivity index (χ0v) is 8.14. The second-order valence-electron chi connectivity index (χ2n) is 3.26. The third kappa shape index (κ3) is 1.79. The summed E-state index contributed by atoms with van der Waals surface area (Å²) in [5.41, 5.74) is 0.631. The topological polar surface area (TPSA) is 55.7 Å². The molecule has 0 radical (unpaired) electrons. The van der Waals surface area contributed by atoms with Gasteiger partial charge in [0.1, 0.15) is 5.92 Å². The van der Waals surface area contributed by atoms with Gasteiger partial charge < -0.3 is 4.74 Å². The number of benzene rings is 1. The Morgan fingerprint density at radius 2 is 1.87 bits per heavy atom. The Hall–Kier alpha value is -1.97. The van der Waals surface area contributed by atoms with Crippen LogP contribution in [0.15, 0.2) is 35.3 Å². The maximum atomic E-state index is 11.3. The maximum Gasteiger partial charge on any atom is 0.325 e. The smallest absolute Gasteiger partial charge is 0.325 e. The van der Waals surface area contributed by atoms with Crippen LogP contribution in [0.5, 0.6) is 0 Å². The molecule has 0 unspecified atom stereocenters. The molecule has 0 spiro atoms. The van der Waals surface area contributed by atoms with Gasteiger partial charge >= 0.3 is 5.97 Å². The summed E-state index contributed by atoms with van der Waals surface area (Å²) in [4.78, 5) is 26.3.